The van der Waals surface area contributed by atoms with Crippen molar-refractivity contribution in [3.63, 3.8) is 0 Å². The van der Waals surface area contributed by atoms with E-state index in [0.29, 0.717) is 25.9 Å². The summed E-state index contributed by atoms with van der Waals surface area (Å²) in [5.74, 6) is -0.519. The lowest BCUT2D eigenvalue weighted by atomic mass is 10.1. The second-order valence-corrected chi connectivity index (χ2v) is 16.3. The van der Waals surface area contributed by atoms with Gasteiger partial charge in [-0.25, -0.2) is 0 Å². The summed E-state index contributed by atoms with van der Waals surface area (Å²) in [6.45, 7) is 7.53. The quantitative estimate of drug-likeness (QED) is 0.0347. The Bertz CT molecular complexity index is 1250. The minimum absolute atomic E-state index is 0.0311. The fourth-order valence-electron chi connectivity index (χ4n) is 6.49. The molecule has 0 heterocycles. The van der Waals surface area contributed by atoms with E-state index in [2.05, 4.69) is 124 Å². The third-order valence-corrected chi connectivity index (χ3v) is 10.3. The molecule has 0 amide bonds. The molecule has 352 valence electrons. The second-order valence-electron chi connectivity index (χ2n) is 16.3. The lowest BCUT2D eigenvalue weighted by molar-refractivity contribution is -0.162. The number of carbonyl (C=O) groups excluding carboxylic acids is 2. The van der Waals surface area contributed by atoms with Crippen LogP contribution in [0, 0.1) is 0 Å². The first kappa shape index (κ1) is 58.6. The van der Waals surface area contributed by atoms with Crippen molar-refractivity contribution in [1.29, 1.82) is 0 Å². The highest BCUT2D eigenvalue weighted by Gasteiger charge is 2.17. The molecule has 0 aliphatic carbocycles. The van der Waals surface area contributed by atoms with Gasteiger partial charge < -0.3 is 14.2 Å². The Morgan fingerprint density at radius 2 is 0.774 bits per heavy atom. The van der Waals surface area contributed by atoms with Crippen LogP contribution in [0.3, 0.4) is 0 Å². The molecule has 0 N–H and O–H groups in total. The Morgan fingerprint density at radius 1 is 0.371 bits per heavy atom. The topological polar surface area (TPSA) is 61.8 Å². The summed E-state index contributed by atoms with van der Waals surface area (Å²) in [4.78, 5) is 25.3. The molecule has 1 atom stereocenters. The van der Waals surface area contributed by atoms with Crippen LogP contribution in [-0.2, 0) is 23.8 Å². The summed E-state index contributed by atoms with van der Waals surface area (Å²) < 4.78 is 17.3. The van der Waals surface area contributed by atoms with Gasteiger partial charge in [0.1, 0.15) is 6.61 Å². The molecule has 0 radical (unpaired) electrons. The van der Waals surface area contributed by atoms with Crippen LogP contribution in [0.5, 0.6) is 0 Å². The van der Waals surface area contributed by atoms with Crippen LogP contribution in [0.2, 0.25) is 0 Å². The third-order valence-electron chi connectivity index (χ3n) is 10.3. The largest absolute Gasteiger partial charge is 0.462 e. The zero-order chi connectivity index (χ0) is 44.9. The molecule has 5 heteroatoms. The van der Waals surface area contributed by atoms with Gasteiger partial charge in [-0.1, -0.05) is 201 Å². The summed E-state index contributed by atoms with van der Waals surface area (Å²) in [5, 5.41) is 0. The van der Waals surface area contributed by atoms with Gasteiger partial charge in [-0.3, -0.25) is 9.59 Å². The highest BCUT2D eigenvalue weighted by atomic mass is 16.6. The maximum atomic E-state index is 12.8. The minimum Gasteiger partial charge on any atom is -0.462 e. The molecular formula is C57H94O5. The Hall–Kier alpha value is -3.44. The number of rotatable bonds is 45. The molecule has 1 unspecified atom stereocenters. The monoisotopic (exact) mass is 859 g/mol. The summed E-state index contributed by atoms with van der Waals surface area (Å²) >= 11 is 0. The van der Waals surface area contributed by atoms with Crippen LogP contribution in [-0.4, -0.2) is 37.9 Å². The van der Waals surface area contributed by atoms with E-state index in [1.165, 1.54) is 89.9 Å². The summed E-state index contributed by atoms with van der Waals surface area (Å²) in [6, 6.07) is 0. The molecular weight excluding hydrogens is 765 g/mol. The van der Waals surface area contributed by atoms with Crippen LogP contribution >= 0.6 is 0 Å². The first-order valence-corrected chi connectivity index (χ1v) is 25.4. The number of unbranched alkanes of at least 4 members (excludes halogenated alkanes) is 16. The van der Waals surface area contributed by atoms with Gasteiger partial charge in [-0.15, -0.1) is 0 Å². The molecule has 0 bridgehead atoms. The van der Waals surface area contributed by atoms with E-state index in [0.717, 1.165) is 83.5 Å². The number of carbonyl (C=O) groups is 2. The molecule has 0 saturated heterocycles. The molecule has 0 aromatic rings. The normalized spacial score (nSPS) is 13.1. The molecule has 0 rings (SSSR count). The first-order chi connectivity index (χ1) is 30.6. The molecule has 0 fully saturated rings. The average molecular weight is 859 g/mol. The minimum atomic E-state index is -0.583. The Kier molecular flexibility index (Phi) is 49.0. The van der Waals surface area contributed by atoms with Crippen LogP contribution in [0.1, 0.15) is 213 Å². The number of allylic oxidation sites excluding steroid dienone is 18. The van der Waals surface area contributed by atoms with E-state index in [9.17, 15) is 9.59 Å². The van der Waals surface area contributed by atoms with Crippen molar-refractivity contribution in [2.24, 2.45) is 0 Å². The van der Waals surface area contributed by atoms with E-state index in [-0.39, 0.29) is 25.2 Å². The van der Waals surface area contributed by atoms with Crippen molar-refractivity contribution in [3.8, 4) is 0 Å². The van der Waals surface area contributed by atoms with Crippen molar-refractivity contribution in [2.75, 3.05) is 19.8 Å². The number of hydrogen-bond donors (Lipinski definition) is 0. The predicted molar refractivity (Wildman–Crippen MR) is 269 cm³/mol. The smallest absolute Gasteiger partial charge is 0.306 e. The molecule has 0 aromatic heterocycles. The van der Waals surface area contributed by atoms with Gasteiger partial charge in [0.15, 0.2) is 6.10 Å². The van der Waals surface area contributed by atoms with Gasteiger partial charge in [-0.05, 0) is 109 Å². The van der Waals surface area contributed by atoms with Gasteiger partial charge in [0, 0.05) is 19.4 Å². The zero-order valence-corrected chi connectivity index (χ0v) is 40.3. The SMILES string of the molecule is CC/C=C\C/C=C\C/C=C\C/C=C\C/C=C\C/C=C\CCC(=O)OCC(COCCCCCCCC/C=C\CCCC)OC(=O)CCCCCCC/C=C\C/C=C\CCCCC. The van der Waals surface area contributed by atoms with Crippen LogP contribution in [0.4, 0.5) is 0 Å². The maximum absolute atomic E-state index is 12.8. The van der Waals surface area contributed by atoms with E-state index in [4.69, 9.17) is 14.2 Å². The van der Waals surface area contributed by atoms with Crippen molar-refractivity contribution in [1.82, 2.24) is 0 Å². The molecule has 5 nitrogen and oxygen atoms in total. The van der Waals surface area contributed by atoms with E-state index in [1.54, 1.807) is 0 Å². The summed E-state index contributed by atoms with van der Waals surface area (Å²) in [5.41, 5.74) is 0. The van der Waals surface area contributed by atoms with Crippen LogP contribution in [0.25, 0.3) is 0 Å². The predicted octanol–water partition coefficient (Wildman–Crippen LogP) is 17.2. The van der Waals surface area contributed by atoms with Crippen LogP contribution < -0.4 is 0 Å². The fourth-order valence-corrected chi connectivity index (χ4v) is 6.49. The lowest BCUT2D eigenvalue weighted by Gasteiger charge is -2.18. The molecule has 62 heavy (non-hydrogen) atoms. The Morgan fingerprint density at radius 3 is 1.29 bits per heavy atom. The van der Waals surface area contributed by atoms with Crippen molar-refractivity contribution in [2.45, 2.75) is 219 Å². The maximum Gasteiger partial charge on any atom is 0.306 e. The first-order valence-electron chi connectivity index (χ1n) is 25.4. The molecule has 0 aliphatic rings. The van der Waals surface area contributed by atoms with E-state index < -0.39 is 6.10 Å². The zero-order valence-electron chi connectivity index (χ0n) is 40.3. The fraction of sp³-hybridized carbons (Fsp3) is 0.649. The number of hydrogen-bond acceptors (Lipinski definition) is 5. The Balaban J connectivity index is 4.42. The average Bonchev–Trinajstić information content (AvgIpc) is 3.27. The van der Waals surface area contributed by atoms with E-state index >= 15 is 0 Å². The lowest BCUT2D eigenvalue weighted by Crippen LogP contribution is -2.30. The van der Waals surface area contributed by atoms with Crippen molar-refractivity contribution >= 4 is 11.9 Å². The molecule has 0 aliphatic heterocycles. The second kappa shape index (κ2) is 51.9. The van der Waals surface area contributed by atoms with Gasteiger partial charge in [0.2, 0.25) is 0 Å². The highest BCUT2D eigenvalue weighted by Crippen LogP contribution is 2.12. The third kappa shape index (κ3) is 49.2. The van der Waals surface area contributed by atoms with Crippen LogP contribution in [0.15, 0.2) is 109 Å². The number of ether oxygens (including phenoxy) is 3. The van der Waals surface area contributed by atoms with Crippen molar-refractivity contribution < 1.29 is 23.8 Å². The summed E-state index contributed by atoms with van der Waals surface area (Å²) in [7, 11) is 0. The highest BCUT2D eigenvalue weighted by molar-refractivity contribution is 5.70. The van der Waals surface area contributed by atoms with Gasteiger partial charge in [0.25, 0.3) is 0 Å². The van der Waals surface area contributed by atoms with Crippen molar-refractivity contribution in [3.05, 3.63) is 109 Å². The molecule has 0 spiro atoms. The summed E-state index contributed by atoms with van der Waals surface area (Å²) in [6.07, 6.45) is 71.0. The van der Waals surface area contributed by atoms with Gasteiger partial charge in [0.05, 0.1) is 6.61 Å². The van der Waals surface area contributed by atoms with E-state index in [1.807, 2.05) is 6.08 Å². The Labute approximate surface area is 383 Å². The van der Waals surface area contributed by atoms with Gasteiger partial charge in [-0.2, -0.15) is 0 Å². The number of esters is 2. The van der Waals surface area contributed by atoms with Gasteiger partial charge >= 0.3 is 11.9 Å². The standard InChI is InChI=1S/C57H94O5/c1-4-7-10-13-16-19-22-25-27-28-29-30-32-33-35-38-41-44-47-50-56(58)61-54-55(53-60-52-49-46-43-40-37-24-21-18-15-12-9-6-3)62-57(59)51-48-45-42-39-36-34-31-26-23-20-17-14-11-8-5-2/h7,10,15-20,25-27,29-31,33,35,41,44,55H,4-6,8-9,11-14,21-24,28,32,34,36-40,42-43,45-54H2,1-3H3/b10-7-,18-15-,19-16-,20-17-,27-25-,30-29-,31-26-,35-33-,44-41-. The molecule has 0 saturated carbocycles. The molecule has 0 aromatic carbocycles.